The fourth-order valence-electron chi connectivity index (χ4n) is 1.08. The summed E-state index contributed by atoms with van der Waals surface area (Å²) in [6.45, 7) is 0.828. The van der Waals surface area contributed by atoms with Crippen molar-refractivity contribution in [1.82, 2.24) is 5.32 Å². The lowest BCUT2D eigenvalue weighted by atomic mass is 10.1. The minimum absolute atomic E-state index is 0.128. The standard InChI is InChI=1S/C11H14FN/c1-13-9-5-4-7-10-6-2-3-8-11(10)12/h2-6,8,13H,7,9H2,1H3/b5-4-. The molecular formula is C11H14FN. The van der Waals surface area contributed by atoms with Crippen molar-refractivity contribution in [3.63, 3.8) is 0 Å². The van der Waals surface area contributed by atoms with Gasteiger partial charge >= 0.3 is 0 Å². The summed E-state index contributed by atoms with van der Waals surface area (Å²) in [6.07, 6.45) is 4.62. The van der Waals surface area contributed by atoms with Crippen LogP contribution in [0.15, 0.2) is 36.4 Å². The largest absolute Gasteiger partial charge is 0.316 e. The Hall–Kier alpha value is -1.15. The average Bonchev–Trinajstić information content (AvgIpc) is 2.15. The van der Waals surface area contributed by atoms with E-state index in [1.165, 1.54) is 6.07 Å². The molecule has 0 aliphatic rings. The molecule has 0 aliphatic carbocycles. The van der Waals surface area contributed by atoms with Crippen molar-refractivity contribution in [1.29, 1.82) is 0 Å². The topological polar surface area (TPSA) is 12.0 Å². The van der Waals surface area contributed by atoms with Crippen LogP contribution in [0.1, 0.15) is 5.56 Å². The summed E-state index contributed by atoms with van der Waals surface area (Å²) < 4.78 is 13.0. The summed E-state index contributed by atoms with van der Waals surface area (Å²) in [5, 5.41) is 2.99. The molecule has 0 saturated heterocycles. The highest BCUT2D eigenvalue weighted by atomic mass is 19.1. The number of allylic oxidation sites excluding steroid dienone is 1. The molecule has 0 saturated carbocycles. The molecule has 0 fully saturated rings. The number of hydrogen-bond acceptors (Lipinski definition) is 1. The lowest BCUT2D eigenvalue weighted by molar-refractivity contribution is 0.615. The number of nitrogens with one attached hydrogen (secondary N) is 1. The first-order valence-corrected chi connectivity index (χ1v) is 4.37. The molecule has 0 unspecified atom stereocenters. The van der Waals surface area contributed by atoms with Crippen molar-refractivity contribution < 1.29 is 4.39 Å². The second-order valence-electron chi connectivity index (χ2n) is 2.82. The molecule has 1 N–H and O–H groups in total. The number of rotatable bonds is 4. The van der Waals surface area contributed by atoms with E-state index in [9.17, 15) is 4.39 Å². The van der Waals surface area contributed by atoms with E-state index in [0.29, 0.717) is 6.42 Å². The highest BCUT2D eigenvalue weighted by Gasteiger charge is 1.95. The molecular weight excluding hydrogens is 165 g/mol. The van der Waals surface area contributed by atoms with Gasteiger partial charge < -0.3 is 5.32 Å². The van der Waals surface area contributed by atoms with Gasteiger partial charge in [-0.15, -0.1) is 0 Å². The first-order valence-electron chi connectivity index (χ1n) is 4.37. The summed E-state index contributed by atoms with van der Waals surface area (Å²) in [6, 6.07) is 6.85. The van der Waals surface area contributed by atoms with Crippen LogP contribution in [-0.4, -0.2) is 13.6 Å². The second kappa shape index (κ2) is 5.49. The molecule has 0 heterocycles. The van der Waals surface area contributed by atoms with Gasteiger partial charge in [-0.25, -0.2) is 4.39 Å². The number of benzene rings is 1. The monoisotopic (exact) mass is 179 g/mol. The van der Waals surface area contributed by atoms with Gasteiger partial charge in [0.1, 0.15) is 5.82 Å². The molecule has 1 nitrogen and oxygen atoms in total. The quantitative estimate of drug-likeness (QED) is 0.698. The average molecular weight is 179 g/mol. The molecule has 0 spiro atoms. The zero-order chi connectivity index (χ0) is 9.52. The summed E-state index contributed by atoms with van der Waals surface area (Å²) in [5.74, 6) is -0.128. The zero-order valence-corrected chi connectivity index (χ0v) is 7.76. The van der Waals surface area contributed by atoms with Gasteiger partial charge in [0.2, 0.25) is 0 Å². The van der Waals surface area contributed by atoms with E-state index in [2.05, 4.69) is 5.32 Å². The van der Waals surface area contributed by atoms with Crippen LogP contribution in [-0.2, 0) is 6.42 Å². The van der Waals surface area contributed by atoms with E-state index >= 15 is 0 Å². The molecule has 13 heavy (non-hydrogen) atoms. The minimum atomic E-state index is -0.128. The third-order valence-corrected chi connectivity index (χ3v) is 1.78. The molecule has 1 rings (SSSR count). The Bertz CT molecular complexity index is 281. The Morgan fingerprint density at radius 2 is 2.08 bits per heavy atom. The predicted molar refractivity (Wildman–Crippen MR) is 53.2 cm³/mol. The van der Waals surface area contributed by atoms with Crippen molar-refractivity contribution in [2.24, 2.45) is 0 Å². The zero-order valence-electron chi connectivity index (χ0n) is 7.76. The van der Waals surface area contributed by atoms with Crippen molar-refractivity contribution in [2.45, 2.75) is 6.42 Å². The van der Waals surface area contributed by atoms with Crippen LogP contribution >= 0.6 is 0 Å². The fraction of sp³-hybridized carbons (Fsp3) is 0.273. The molecule has 0 atom stereocenters. The van der Waals surface area contributed by atoms with Gasteiger partial charge in [-0.1, -0.05) is 30.4 Å². The fourth-order valence-corrected chi connectivity index (χ4v) is 1.08. The Morgan fingerprint density at radius 1 is 1.31 bits per heavy atom. The summed E-state index contributed by atoms with van der Waals surface area (Å²) in [7, 11) is 1.88. The third-order valence-electron chi connectivity index (χ3n) is 1.78. The van der Waals surface area contributed by atoms with Gasteiger partial charge in [-0.3, -0.25) is 0 Å². The SMILES string of the molecule is CNC/C=C\Cc1ccccc1F. The Labute approximate surface area is 78.3 Å². The molecule has 0 bridgehead atoms. The maximum atomic E-state index is 13.0. The number of likely N-dealkylation sites (N-methyl/N-ethyl adjacent to an activating group) is 1. The van der Waals surface area contributed by atoms with E-state index in [1.807, 2.05) is 25.3 Å². The molecule has 0 radical (unpaired) electrons. The van der Waals surface area contributed by atoms with Crippen LogP contribution in [0.3, 0.4) is 0 Å². The lowest BCUT2D eigenvalue weighted by Gasteiger charge is -1.97. The molecule has 1 aromatic rings. The van der Waals surface area contributed by atoms with Crippen LogP contribution in [0, 0.1) is 5.82 Å². The van der Waals surface area contributed by atoms with Gasteiger partial charge in [-0.2, -0.15) is 0 Å². The molecule has 70 valence electrons. The number of halogens is 1. The van der Waals surface area contributed by atoms with E-state index < -0.39 is 0 Å². The highest BCUT2D eigenvalue weighted by molar-refractivity contribution is 5.19. The summed E-state index contributed by atoms with van der Waals surface area (Å²) >= 11 is 0. The maximum absolute atomic E-state index is 13.0. The molecule has 0 aromatic heterocycles. The number of hydrogen-bond donors (Lipinski definition) is 1. The molecule has 1 aromatic carbocycles. The smallest absolute Gasteiger partial charge is 0.126 e. The van der Waals surface area contributed by atoms with Gasteiger partial charge in [-0.05, 0) is 25.1 Å². The van der Waals surface area contributed by atoms with E-state index in [1.54, 1.807) is 12.1 Å². The Kier molecular flexibility index (Phi) is 4.19. The van der Waals surface area contributed by atoms with Crippen molar-refractivity contribution in [3.8, 4) is 0 Å². The minimum Gasteiger partial charge on any atom is -0.316 e. The lowest BCUT2D eigenvalue weighted by Crippen LogP contribution is -2.03. The molecule has 0 amide bonds. The normalized spacial score (nSPS) is 10.9. The maximum Gasteiger partial charge on any atom is 0.126 e. The van der Waals surface area contributed by atoms with Crippen LogP contribution in [0.25, 0.3) is 0 Å². The first-order chi connectivity index (χ1) is 6.34. The first kappa shape index (κ1) is 9.93. The Morgan fingerprint density at radius 3 is 2.77 bits per heavy atom. The van der Waals surface area contributed by atoms with Gasteiger partial charge in [0, 0.05) is 6.54 Å². The van der Waals surface area contributed by atoms with Crippen LogP contribution in [0.5, 0.6) is 0 Å². The molecule has 2 heteroatoms. The predicted octanol–water partition coefficient (Wildman–Crippen LogP) is 2.14. The van der Waals surface area contributed by atoms with Gasteiger partial charge in [0.15, 0.2) is 0 Å². The van der Waals surface area contributed by atoms with Crippen LogP contribution in [0.2, 0.25) is 0 Å². The van der Waals surface area contributed by atoms with Gasteiger partial charge in [0.05, 0.1) is 0 Å². The third kappa shape index (κ3) is 3.38. The molecule has 0 aliphatic heterocycles. The summed E-state index contributed by atoms with van der Waals surface area (Å²) in [5.41, 5.74) is 0.745. The van der Waals surface area contributed by atoms with E-state index in [-0.39, 0.29) is 5.82 Å². The van der Waals surface area contributed by atoms with Crippen LogP contribution < -0.4 is 5.32 Å². The van der Waals surface area contributed by atoms with Crippen molar-refractivity contribution in [3.05, 3.63) is 47.8 Å². The van der Waals surface area contributed by atoms with Gasteiger partial charge in [0.25, 0.3) is 0 Å². The highest BCUT2D eigenvalue weighted by Crippen LogP contribution is 2.06. The second-order valence-corrected chi connectivity index (χ2v) is 2.82. The van der Waals surface area contributed by atoms with E-state index in [4.69, 9.17) is 0 Å². The van der Waals surface area contributed by atoms with E-state index in [0.717, 1.165) is 12.1 Å². The summed E-state index contributed by atoms with van der Waals surface area (Å²) in [4.78, 5) is 0. The van der Waals surface area contributed by atoms with Crippen molar-refractivity contribution in [2.75, 3.05) is 13.6 Å². The Balaban J connectivity index is 2.49. The van der Waals surface area contributed by atoms with Crippen molar-refractivity contribution >= 4 is 0 Å². The van der Waals surface area contributed by atoms with Crippen LogP contribution in [0.4, 0.5) is 4.39 Å².